The number of sulfone groups is 2. The van der Waals surface area contributed by atoms with E-state index in [-0.39, 0.29) is 35.7 Å². The summed E-state index contributed by atoms with van der Waals surface area (Å²) in [6.45, 7) is 1.82. The largest absolute Gasteiger partial charge is 0.450 e. The van der Waals surface area contributed by atoms with Crippen LogP contribution in [0.1, 0.15) is 6.92 Å². The van der Waals surface area contributed by atoms with Gasteiger partial charge in [0.15, 0.2) is 24.8 Å². The number of nitrogens with zero attached hydrogens (tertiary/aromatic N) is 1. The summed E-state index contributed by atoms with van der Waals surface area (Å²) in [6, 6.07) is -2.06. The maximum absolute atomic E-state index is 12.1. The quantitative estimate of drug-likeness (QED) is 0.534. The van der Waals surface area contributed by atoms with Crippen molar-refractivity contribution in [1.82, 2.24) is 15.5 Å². The molecule has 0 aromatic carbocycles. The Balaban J connectivity index is 1.85. The minimum Gasteiger partial charge on any atom is -0.450 e. The molecule has 9 nitrogen and oxygen atoms in total. The molecule has 24 heavy (non-hydrogen) atoms. The van der Waals surface area contributed by atoms with Gasteiger partial charge in [-0.15, -0.1) is 0 Å². The van der Waals surface area contributed by atoms with Gasteiger partial charge in [-0.25, -0.2) is 21.6 Å². The van der Waals surface area contributed by atoms with Crippen molar-refractivity contribution in [2.75, 3.05) is 29.6 Å². The molecule has 4 atom stereocenters. The van der Waals surface area contributed by atoms with Crippen molar-refractivity contribution >= 4 is 43.1 Å². The van der Waals surface area contributed by atoms with E-state index in [1.54, 1.807) is 11.8 Å². The molecule has 0 spiro atoms. The van der Waals surface area contributed by atoms with Crippen molar-refractivity contribution in [2.45, 2.75) is 31.1 Å². The van der Waals surface area contributed by atoms with Crippen molar-refractivity contribution < 1.29 is 26.4 Å². The summed E-state index contributed by atoms with van der Waals surface area (Å²) in [5.41, 5.74) is 0. The summed E-state index contributed by atoms with van der Waals surface area (Å²) >= 11 is 5.28. The Hall–Kier alpha value is -1.14. The van der Waals surface area contributed by atoms with E-state index in [9.17, 15) is 21.6 Å². The van der Waals surface area contributed by atoms with E-state index in [2.05, 4.69) is 10.6 Å². The van der Waals surface area contributed by atoms with Crippen LogP contribution in [-0.2, 0) is 24.4 Å². The average Bonchev–Trinajstić information content (AvgIpc) is 2.96. The molecular formula is C12H19N3O6S3. The maximum Gasteiger partial charge on any atom is 0.407 e. The SMILES string of the molecule is CCOC(=O)N[C@H]1CS(=O)(=O)C[C@@H]1N1C(=S)N[C@@H]2CS(=O)(=O)C[C@@H]21. The number of hydrogen-bond acceptors (Lipinski definition) is 7. The number of carbonyl (C=O) groups is 1. The van der Waals surface area contributed by atoms with E-state index in [1.807, 2.05) is 0 Å². The fourth-order valence-electron chi connectivity index (χ4n) is 3.59. The minimum atomic E-state index is -3.37. The number of nitrogens with one attached hydrogen (secondary N) is 2. The van der Waals surface area contributed by atoms with Crippen LogP contribution in [0.15, 0.2) is 0 Å². The van der Waals surface area contributed by atoms with E-state index < -0.39 is 43.9 Å². The molecule has 3 fully saturated rings. The number of carbonyl (C=O) groups excluding carboxylic acids is 1. The summed E-state index contributed by atoms with van der Waals surface area (Å²) in [5.74, 6) is -0.508. The van der Waals surface area contributed by atoms with Gasteiger partial charge in [-0.05, 0) is 19.1 Å². The predicted molar refractivity (Wildman–Crippen MR) is 90.2 cm³/mol. The topological polar surface area (TPSA) is 122 Å². The van der Waals surface area contributed by atoms with Gasteiger partial charge in [0.25, 0.3) is 0 Å². The zero-order valence-corrected chi connectivity index (χ0v) is 15.4. The Morgan fingerprint density at radius 2 is 1.83 bits per heavy atom. The van der Waals surface area contributed by atoms with Crippen molar-refractivity contribution in [3.8, 4) is 0 Å². The lowest BCUT2D eigenvalue weighted by atomic mass is 10.1. The van der Waals surface area contributed by atoms with Crippen LogP contribution in [0.2, 0.25) is 0 Å². The van der Waals surface area contributed by atoms with Crippen molar-refractivity contribution in [1.29, 1.82) is 0 Å². The molecule has 0 aliphatic carbocycles. The zero-order valence-electron chi connectivity index (χ0n) is 13.0. The van der Waals surface area contributed by atoms with Gasteiger partial charge in [0, 0.05) is 0 Å². The molecule has 0 radical (unpaired) electrons. The van der Waals surface area contributed by atoms with Crippen LogP contribution < -0.4 is 10.6 Å². The number of thiocarbonyl (C=S) groups is 1. The number of ether oxygens (including phenoxy) is 1. The lowest BCUT2D eigenvalue weighted by Gasteiger charge is -2.33. The Morgan fingerprint density at radius 3 is 2.50 bits per heavy atom. The van der Waals surface area contributed by atoms with Crippen LogP contribution in [-0.4, -0.2) is 86.7 Å². The van der Waals surface area contributed by atoms with Crippen molar-refractivity contribution in [2.24, 2.45) is 0 Å². The molecule has 0 unspecified atom stereocenters. The molecule has 3 aliphatic rings. The molecule has 2 N–H and O–H groups in total. The third-order valence-corrected chi connectivity index (χ3v) is 8.24. The van der Waals surface area contributed by atoms with Gasteiger partial charge in [0.1, 0.15) is 0 Å². The molecule has 0 bridgehead atoms. The van der Waals surface area contributed by atoms with Crippen LogP contribution in [0, 0.1) is 0 Å². The standard InChI is InChI=1S/C12H19N3O6S3/c1-2-21-12(16)14-8-4-24(19,20)6-10(8)15-9-5-23(17,18)3-7(9)13-11(15)22/h7-10H,2-6H2,1H3,(H,13,22)(H,14,16)/t7-,8+,9+,10+/m1/s1. The zero-order chi connectivity index (χ0) is 17.7. The normalized spacial score (nSPS) is 36.2. The molecule has 3 heterocycles. The first kappa shape index (κ1) is 17.7. The summed E-state index contributed by atoms with van der Waals surface area (Å²) in [5, 5.41) is 5.86. The molecular weight excluding hydrogens is 378 g/mol. The monoisotopic (exact) mass is 397 g/mol. The van der Waals surface area contributed by atoms with Gasteiger partial charge < -0.3 is 20.3 Å². The third-order valence-electron chi connectivity index (χ3n) is 4.48. The van der Waals surface area contributed by atoms with Crippen LogP contribution in [0.5, 0.6) is 0 Å². The van der Waals surface area contributed by atoms with Gasteiger partial charge in [0.05, 0.1) is 53.8 Å². The van der Waals surface area contributed by atoms with Crippen LogP contribution >= 0.6 is 12.2 Å². The lowest BCUT2D eigenvalue weighted by Crippen LogP contribution is -2.55. The Kier molecular flexibility index (Phi) is 4.41. The van der Waals surface area contributed by atoms with E-state index in [0.29, 0.717) is 5.11 Å². The minimum absolute atomic E-state index is 0.0241. The fraction of sp³-hybridized carbons (Fsp3) is 0.833. The molecule has 0 aromatic heterocycles. The smallest absolute Gasteiger partial charge is 0.407 e. The van der Waals surface area contributed by atoms with E-state index in [4.69, 9.17) is 17.0 Å². The second-order valence-corrected chi connectivity index (χ2v) is 10.9. The second-order valence-electron chi connectivity index (χ2n) is 6.22. The Labute approximate surface area is 145 Å². The second kappa shape index (κ2) is 5.99. The number of rotatable bonds is 3. The van der Waals surface area contributed by atoms with Crippen molar-refractivity contribution in [3.63, 3.8) is 0 Å². The highest BCUT2D eigenvalue weighted by molar-refractivity contribution is 7.92. The van der Waals surface area contributed by atoms with E-state index >= 15 is 0 Å². The van der Waals surface area contributed by atoms with Gasteiger partial charge in [0.2, 0.25) is 0 Å². The van der Waals surface area contributed by atoms with Gasteiger partial charge in [-0.3, -0.25) is 0 Å². The summed E-state index contributed by atoms with van der Waals surface area (Å²) in [7, 11) is -6.57. The molecule has 0 saturated carbocycles. The average molecular weight is 398 g/mol. The molecule has 3 rings (SSSR count). The fourth-order valence-corrected chi connectivity index (χ4v) is 7.81. The number of alkyl carbamates (subject to hydrolysis) is 1. The van der Waals surface area contributed by atoms with Gasteiger partial charge in [-0.1, -0.05) is 0 Å². The first-order chi connectivity index (χ1) is 11.1. The first-order valence-corrected chi connectivity index (χ1v) is 11.6. The summed E-state index contributed by atoms with van der Waals surface area (Å²) in [4.78, 5) is 13.3. The number of amides is 1. The highest BCUT2D eigenvalue weighted by Crippen LogP contribution is 2.30. The van der Waals surface area contributed by atoms with Crippen LogP contribution in [0.3, 0.4) is 0 Å². The maximum atomic E-state index is 12.1. The Morgan fingerprint density at radius 1 is 1.21 bits per heavy atom. The van der Waals surface area contributed by atoms with Crippen LogP contribution in [0.25, 0.3) is 0 Å². The first-order valence-electron chi connectivity index (χ1n) is 7.55. The highest BCUT2D eigenvalue weighted by atomic mass is 32.2. The lowest BCUT2D eigenvalue weighted by molar-refractivity contribution is 0.143. The molecule has 3 saturated heterocycles. The van der Waals surface area contributed by atoms with Gasteiger partial charge in [-0.2, -0.15) is 0 Å². The predicted octanol–water partition coefficient (Wildman–Crippen LogP) is -1.75. The third kappa shape index (κ3) is 3.31. The van der Waals surface area contributed by atoms with Gasteiger partial charge >= 0.3 is 6.09 Å². The van der Waals surface area contributed by atoms with Crippen molar-refractivity contribution in [3.05, 3.63) is 0 Å². The highest BCUT2D eigenvalue weighted by Gasteiger charge is 2.53. The molecule has 12 heteroatoms. The molecule has 0 aromatic rings. The molecule has 1 amide bonds. The Bertz CT molecular complexity index is 765. The van der Waals surface area contributed by atoms with Crippen LogP contribution in [0.4, 0.5) is 4.79 Å². The van der Waals surface area contributed by atoms with E-state index in [1.165, 1.54) is 0 Å². The van der Waals surface area contributed by atoms with E-state index in [0.717, 1.165) is 0 Å². The molecule has 3 aliphatic heterocycles. The number of hydrogen-bond donors (Lipinski definition) is 2. The molecule has 136 valence electrons. The number of fused-ring (bicyclic) bond motifs is 1. The summed E-state index contributed by atoms with van der Waals surface area (Å²) < 4.78 is 52.7. The summed E-state index contributed by atoms with van der Waals surface area (Å²) in [6.07, 6.45) is -0.696.